The summed E-state index contributed by atoms with van der Waals surface area (Å²) >= 11 is 0. The van der Waals surface area contributed by atoms with Crippen molar-refractivity contribution in [1.29, 1.82) is 0 Å². The predicted molar refractivity (Wildman–Crippen MR) is 80.3 cm³/mol. The van der Waals surface area contributed by atoms with Crippen LogP contribution in [-0.4, -0.2) is 29.7 Å². The van der Waals surface area contributed by atoms with Crippen molar-refractivity contribution in [3.8, 4) is 0 Å². The third kappa shape index (κ3) is 2.40. The van der Waals surface area contributed by atoms with Gasteiger partial charge in [0.2, 0.25) is 0 Å². The minimum atomic E-state index is -2.98. The van der Waals surface area contributed by atoms with Crippen LogP contribution in [0.2, 0.25) is 0 Å². The maximum Gasteiger partial charge on any atom is 0.150 e. The maximum atomic E-state index is 11.8. The number of hydrogen-bond acceptors (Lipinski definition) is 4. The lowest BCUT2D eigenvalue weighted by atomic mass is 9.95. The number of nitrogens with two attached hydrogens (primary N) is 1. The van der Waals surface area contributed by atoms with Crippen LogP contribution in [0.25, 0.3) is 10.9 Å². The molecule has 1 saturated carbocycles. The average Bonchev–Trinajstić information content (AvgIpc) is 2.81. The second-order valence-corrected chi connectivity index (χ2v) is 8.01. The Bertz CT molecular complexity index is 736. The predicted octanol–water partition coefficient (Wildman–Crippen LogP) is 2.15. The Hall–Kier alpha value is -1.56. The summed E-state index contributed by atoms with van der Waals surface area (Å²) in [5.74, 6) is 0. The molecular weight excluding hydrogens is 274 g/mol. The highest BCUT2D eigenvalue weighted by molar-refractivity contribution is 7.91. The lowest BCUT2D eigenvalue weighted by Crippen LogP contribution is -2.29. The van der Waals surface area contributed by atoms with Crippen molar-refractivity contribution in [3.63, 3.8) is 0 Å². The molecule has 1 aromatic heterocycles. The fourth-order valence-electron chi connectivity index (χ4n) is 3.08. The van der Waals surface area contributed by atoms with Crippen LogP contribution in [0.5, 0.6) is 0 Å². The van der Waals surface area contributed by atoms with E-state index in [0.29, 0.717) is 12.1 Å². The lowest BCUT2D eigenvalue weighted by Gasteiger charge is -2.28. The number of rotatable bonds is 2. The van der Waals surface area contributed by atoms with Gasteiger partial charge in [0.15, 0.2) is 0 Å². The average molecular weight is 293 g/mol. The number of sulfone groups is 1. The first kappa shape index (κ1) is 13.4. The number of benzene rings is 1. The van der Waals surface area contributed by atoms with E-state index in [4.69, 9.17) is 5.73 Å². The smallest absolute Gasteiger partial charge is 0.150 e. The zero-order chi connectivity index (χ0) is 14.3. The molecule has 1 aromatic carbocycles. The quantitative estimate of drug-likeness (QED) is 0.861. The summed E-state index contributed by atoms with van der Waals surface area (Å²) in [4.78, 5) is 0. The van der Waals surface area contributed by atoms with Crippen LogP contribution >= 0.6 is 0 Å². The van der Waals surface area contributed by atoms with Gasteiger partial charge in [-0.3, -0.25) is 4.68 Å². The van der Waals surface area contributed by atoms with Gasteiger partial charge in [-0.05, 0) is 37.5 Å². The Balaban J connectivity index is 1.96. The molecule has 2 aromatic rings. The van der Waals surface area contributed by atoms with Gasteiger partial charge in [-0.25, -0.2) is 8.42 Å². The molecule has 3 rings (SSSR count). The number of nitrogens with zero attached hydrogens (tertiary/aromatic N) is 2. The molecule has 0 spiro atoms. The summed E-state index contributed by atoms with van der Waals surface area (Å²) in [6, 6.07) is 5.86. The fraction of sp³-hybridized carbons (Fsp3) is 0.500. The molecule has 0 saturated heterocycles. The highest BCUT2D eigenvalue weighted by atomic mass is 32.2. The first-order valence-corrected chi connectivity index (χ1v) is 8.82. The Labute approximate surface area is 118 Å². The Kier molecular flexibility index (Phi) is 3.20. The van der Waals surface area contributed by atoms with E-state index < -0.39 is 9.84 Å². The van der Waals surface area contributed by atoms with Gasteiger partial charge in [0.05, 0.1) is 23.0 Å². The second kappa shape index (κ2) is 4.77. The van der Waals surface area contributed by atoms with Gasteiger partial charge in [0.25, 0.3) is 0 Å². The Morgan fingerprint density at radius 1 is 1.35 bits per heavy atom. The summed E-state index contributed by atoms with van der Waals surface area (Å²) in [7, 11) is -2.98. The van der Waals surface area contributed by atoms with Crippen LogP contribution in [0.3, 0.4) is 0 Å². The highest BCUT2D eigenvalue weighted by Crippen LogP contribution is 2.33. The van der Waals surface area contributed by atoms with Gasteiger partial charge < -0.3 is 5.73 Å². The van der Waals surface area contributed by atoms with E-state index in [-0.39, 0.29) is 11.3 Å². The van der Waals surface area contributed by atoms with Gasteiger partial charge in [-0.15, -0.1) is 0 Å². The topological polar surface area (TPSA) is 78.0 Å². The van der Waals surface area contributed by atoms with Crippen molar-refractivity contribution in [2.75, 3.05) is 12.0 Å². The Morgan fingerprint density at radius 2 is 2.15 bits per heavy atom. The van der Waals surface area contributed by atoms with E-state index >= 15 is 0 Å². The molecule has 0 bridgehead atoms. The first-order valence-electron chi connectivity index (χ1n) is 6.87. The Morgan fingerprint density at radius 3 is 2.90 bits per heavy atom. The summed E-state index contributed by atoms with van der Waals surface area (Å²) in [5, 5.41) is 5.24. The standard InChI is InChI=1S/C14H19N3O2S/c1-20(18,19)13-4-2-3-12(8-13)17-14-7-11(15)6-5-10(14)9-16-17/h5-7,9,12-13H,2-4,8,15H2,1H3. The van der Waals surface area contributed by atoms with Crippen LogP contribution in [0.4, 0.5) is 5.69 Å². The molecule has 20 heavy (non-hydrogen) atoms. The summed E-state index contributed by atoms with van der Waals surface area (Å²) < 4.78 is 25.5. The molecule has 1 aliphatic carbocycles. The summed E-state index contributed by atoms with van der Waals surface area (Å²) in [5.41, 5.74) is 7.53. The van der Waals surface area contributed by atoms with Gasteiger partial charge in [0, 0.05) is 17.3 Å². The molecule has 1 heterocycles. The molecule has 1 aliphatic rings. The van der Waals surface area contributed by atoms with Crippen molar-refractivity contribution in [2.24, 2.45) is 0 Å². The van der Waals surface area contributed by atoms with E-state index in [1.54, 1.807) is 0 Å². The van der Waals surface area contributed by atoms with Gasteiger partial charge >= 0.3 is 0 Å². The molecule has 6 heteroatoms. The van der Waals surface area contributed by atoms with E-state index in [1.165, 1.54) is 6.26 Å². The van der Waals surface area contributed by atoms with Gasteiger partial charge in [-0.1, -0.05) is 6.42 Å². The molecule has 2 unspecified atom stereocenters. The zero-order valence-corrected chi connectivity index (χ0v) is 12.3. The number of aromatic nitrogens is 2. The second-order valence-electron chi connectivity index (χ2n) is 5.68. The normalized spacial score (nSPS) is 24.1. The molecule has 1 fully saturated rings. The number of anilines is 1. The summed E-state index contributed by atoms with van der Waals surface area (Å²) in [6.45, 7) is 0. The van der Waals surface area contributed by atoms with Gasteiger partial charge in [-0.2, -0.15) is 5.10 Å². The fourth-order valence-corrected chi connectivity index (χ4v) is 4.24. The van der Waals surface area contributed by atoms with Crippen LogP contribution in [0.1, 0.15) is 31.7 Å². The summed E-state index contributed by atoms with van der Waals surface area (Å²) in [6.07, 6.45) is 6.45. The van der Waals surface area contributed by atoms with E-state index in [2.05, 4.69) is 5.10 Å². The van der Waals surface area contributed by atoms with Crippen molar-refractivity contribution in [2.45, 2.75) is 37.0 Å². The van der Waals surface area contributed by atoms with Crippen molar-refractivity contribution < 1.29 is 8.42 Å². The molecular formula is C14H19N3O2S. The number of nitrogen functional groups attached to an aromatic ring is 1. The maximum absolute atomic E-state index is 11.8. The SMILES string of the molecule is CS(=O)(=O)C1CCCC(n2ncc3ccc(N)cc32)C1. The molecule has 2 N–H and O–H groups in total. The minimum absolute atomic E-state index is 0.141. The zero-order valence-electron chi connectivity index (χ0n) is 11.5. The van der Waals surface area contributed by atoms with Crippen molar-refractivity contribution in [1.82, 2.24) is 9.78 Å². The molecule has 5 nitrogen and oxygen atoms in total. The van der Waals surface area contributed by atoms with Crippen LogP contribution in [0.15, 0.2) is 24.4 Å². The molecule has 0 radical (unpaired) electrons. The first-order chi connectivity index (χ1) is 9.45. The van der Waals surface area contributed by atoms with Crippen LogP contribution in [-0.2, 0) is 9.84 Å². The molecule has 0 amide bonds. The monoisotopic (exact) mass is 293 g/mol. The van der Waals surface area contributed by atoms with E-state index in [1.807, 2.05) is 29.1 Å². The molecule has 108 valence electrons. The van der Waals surface area contributed by atoms with E-state index in [0.717, 1.165) is 30.2 Å². The van der Waals surface area contributed by atoms with Gasteiger partial charge in [0.1, 0.15) is 9.84 Å². The number of hydrogen-bond donors (Lipinski definition) is 1. The minimum Gasteiger partial charge on any atom is -0.399 e. The highest BCUT2D eigenvalue weighted by Gasteiger charge is 2.30. The van der Waals surface area contributed by atoms with Crippen LogP contribution < -0.4 is 5.73 Å². The third-order valence-corrected chi connectivity index (χ3v) is 5.81. The molecule has 2 atom stereocenters. The largest absolute Gasteiger partial charge is 0.399 e. The number of fused-ring (bicyclic) bond motifs is 1. The molecule has 0 aliphatic heterocycles. The third-order valence-electron chi connectivity index (χ3n) is 4.17. The van der Waals surface area contributed by atoms with Crippen molar-refractivity contribution in [3.05, 3.63) is 24.4 Å². The van der Waals surface area contributed by atoms with Crippen molar-refractivity contribution >= 4 is 26.4 Å². The lowest BCUT2D eigenvalue weighted by molar-refractivity contribution is 0.337. The van der Waals surface area contributed by atoms with E-state index in [9.17, 15) is 8.42 Å². The van der Waals surface area contributed by atoms with Crippen LogP contribution in [0, 0.1) is 0 Å².